The summed E-state index contributed by atoms with van der Waals surface area (Å²) in [5.41, 5.74) is -0.350. The molecular weight excluding hydrogens is 298 g/mol. The van der Waals surface area contributed by atoms with Gasteiger partial charge in [0, 0.05) is 12.6 Å². The molecule has 1 aromatic carbocycles. The fraction of sp³-hybridized carbons (Fsp3) is 0.500. The standard InChI is InChI=1S/C12H17N3O5S/c1-13-21(18,19)10-4-5-12(11(7-10)15(16)17)20-9-3-2-6-14-8-9/h4-5,7,9,13-14H,2-3,6,8H2,1H3. The van der Waals surface area contributed by atoms with Crippen LogP contribution >= 0.6 is 0 Å². The Balaban J connectivity index is 2.31. The van der Waals surface area contributed by atoms with E-state index in [2.05, 4.69) is 10.0 Å². The van der Waals surface area contributed by atoms with Gasteiger partial charge in [0.1, 0.15) is 6.10 Å². The van der Waals surface area contributed by atoms with Crippen molar-refractivity contribution in [2.45, 2.75) is 23.8 Å². The van der Waals surface area contributed by atoms with Crippen molar-refractivity contribution in [2.75, 3.05) is 20.1 Å². The second kappa shape index (κ2) is 6.37. The summed E-state index contributed by atoms with van der Waals surface area (Å²) in [5.74, 6) is 0.0868. The number of rotatable bonds is 5. The van der Waals surface area contributed by atoms with Gasteiger partial charge in [0.15, 0.2) is 5.75 Å². The molecular formula is C12H17N3O5S. The second-order valence-corrected chi connectivity index (χ2v) is 6.57. The Morgan fingerprint density at radius 2 is 2.24 bits per heavy atom. The first kappa shape index (κ1) is 15.7. The van der Waals surface area contributed by atoms with Crippen molar-refractivity contribution in [1.29, 1.82) is 0 Å². The number of piperidine rings is 1. The number of benzene rings is 1. The zero-order valence-corrected chi connectivity index (χ0v) is 12.4. The minimum Gasteiger partial charge on any atom is -0.482 e. The molecule has 0 amide bonds. The van der Waals surface area contributed by atoms with Crippen LogP contribution in [0.4, 0.5) is 5.69 Å². The van der Waals surface area contributed by atoms with E-state index in [0.29, 0.717) is 6.54 Å². The van der Waals surface area contributed by atoms with E-state index in [0.717, 1.165) is 25.5 Å². The van der Waals surface area contributed by atoms with E-state index in [9.17, 15) is 18.5 Å². The smallest absolute Gasteiger partial charge is 0.312 e. The summed E-state index contributed by atoms with van der Waals surface area (Å²) in [4.78, 5) is 10.3. The fourth-order valence-corrected chi connectivity index (χ4v) is 2.87. The van der Waals surface area contributed by atoms with Gasteiger partial charge in [-0.1, -0.05) is 0 Å². The number of sulfonamides is 1. The molecule has 1 aromatic rings. The normalized spacial score (nSPS) is 19.2. The molecule has 116 valence electrons. The molecule has 1 atom stereocenters. The first-order valence-electron chi connectivity index (χ1n) is 6.53. The summed E-state index contributed by atoms with van der Waals surface area (Å²) in [6.07, 6.45) is 1.59. The molecule has 1 aliphatic heterocycles. The highest BCUT2D eigenvalue weighted by atomic mass is 32.2. The third kappa shape index (κ3) is 3.69. The van der Waals surface area contributed by atoms with Gasteiger partial charge in [-0.25, -0.2) is 13.1 Å². The lowest BCUT2D eigenvalue weighted by Crippen LogP contribution is -2.37. The van der Waals surface area contributed by atoms with Crippen LogP contribution in [0, 0.1) is 10.1 Å². The monoisotopic (exact) mass is 315 g/mol. The van der Waals surface area contributed by atoms with Crippen molar-refractivity contribution in [2.24, 2.45) is 0 Å². The Morgan fingerprint density at radius 3 is 2.81 bits per heavy atom. The highest BCUT2D eigenvalue weighted by Crippen LogP contribution is 2.31. The maximum absolute atomic E-state index is 11.7. The first-order chi connectivity index (χ1) is 9.94. The average molecular weight is 315 g/mol. The van der Waals surface area contributed by atoms with Crippen molar-refractivity contribution in [3.63, 3.8) is 0 Å². The summed E-state index contributed by atoms with van der Waals surface area (Å²) in [6, 6.07) is 3.64. The van der Waals surface area contributed by atoms with Crippen molar-refractivity contribution < 1.29 is 18.1 Å². The quantitative estimate of drug-likeness (QED) is 0.609. The number of hydrogen-bond donors (Lipinski definition) is 2. The zero-order chi connectivity index (χ0) is 15.5. The molecule has 1 aliphatic rings. The number of nitrogens with one attached hydrogen (secondary N) is 2. The summed E-state index contributed by atoms with van der Waals surface area (Å²) >= 11 is 0. The maximum Gasteiger partial charge on any atom is 0.312 e. The summed E-state index contributed by atoms with van der Waals surface area (Å²) in [6.45, 7) is 1.52. The molecule has 1 unspecified atom stereocenters. The highest BCUT2D eigenvalue weighted by Gasteiger charge is 2.24. The molecule has 1 saturated heterocycles. The molecule has 1 heterocycles. The Bertz CT molecular complexity index is 626. The Kier molecular flexibility index (Phi) is 4.76. The van der Waals surface area contributed by atoms with Gasteiger partial charge in [-0.3, -0.25) is 10.1 Å². The van der Waals surface area contributed by atoms with Crippen LogP contribution in [-0.4, -0.2) is 39.6 Å². The highest BCUT2D eigenvalue weighted by molar-refractivity contribution is 7.89. The number of nitro groups is 1. The molecule has 0 aromatic heterocycles. The lowest BCUT2D eigenvalue weighted by molar-refractivity contribution is -0.386. The Hall–Kier alpha value is -1.71. The van der Waals surface area contributed by atoms with Gasteiger partial charge in [-0.15, -0.1) is 0 Å². The van der Waals surface area contributed by atoms with Gasteiger partial charge >= 0.3 is 5.69 Å². The van der Waals surface area contributed by atoms with E-state index >= 15 is 0 Å². The summed E-state index contributed by atoms with van der Waals surface area (Å²) in [7, 11) is -2.48. The van der Waals surface area contributed by atoms with Gasteiger partial charge in [-0.05, 0) is 38.6 Å². The summed E-state index contributed by atoms with van der Waals surface area (Å²) < 4.78 is 31.1. The fourth-order valence-electron chi connectivity index (χ4n) is 2.12. The van der Waals surface area contributed by atoms with E-state index in [1.54, 1.807) is 0 Å². The van der Waals surface area contributed by atoms with Gasteiger partial charge in [0.25, 0.3) is 0 Å². The van der Waals surface area contributed by atoms with E-state index in [1.165, 1.54) is 19.2 Å². The van der Waals surface area contributed by atoms with E-state index in [-0.39, 0.29) is 22.4 Å². The minimum absolute atomic E-state index is 0.0868. The van der Waals surface area contributed by atoms with Crippen molar-refractivity contribution in [3.8, 4) is 5.75 Å². The maximum atomic E-state index is 11.7. The SMILES string of the molecule is CNS(=O)(=O)c1ccc(OC2CCCNC2)c([N+](=O)[O-])c1. The molecule has 9 heteroatoms. The lowest BCUT2D eigenvalue weighted by Gasteiger charge is -2.23. The van der Waals surface area contributed by atoms with E-state index in [1.807, 2.05) is 0 Å². The van der Waals surface area contributed by atoms with Crippen LogP contribution in [0.1, 0.15) is 12.8 Å². The number of hydrogen-bond acceptors (Lipinski definition) is 6. The molecule has 0 aliphatic carbocycles. The van der Waals surface area contributed by atoms with E-state index < -0.39 is 14.9 Å². The van der Waals surface area contributed by atoms with Gasteiger partial charge in [-0.2, -0.15) is 0 Å². The van der Waals surface area contributed by atoms with Crippen molar-refractivity contribution in [3.05, 3.63) is 28.3 Å². The van der Waals surface area contributed by atoms with E-state index in [4.69, 9.17) is 4.74 Å². The predicted molar refractivity (Wildman–Crippen MR) is 75.9 cm³/mol. The molecule has 2 N–H and O–H groups in total. The Labute approximate surface area is 122 Å². The largest absolute Gasteiger partial charge is 0.482 e. The van der Waals surface area contributed by atoms with Gasteiger partial charge in [0.05, 0.1) is 9.82 Å². The van der Waals surface area contributed by atoms with Crippen LogP contribution in [0.3, 0.4) is 0 Å². The van der Waals surface area contributed by atoms with Crippen LogP contribution in [0.15, 0.2) is 23.1 Å². The van der Waals surface area contributed by atoms with Crippen LogP contribution in [0.25, 0.3) is 0 Å². The van der Waals surface area contributed by atoms with Crippen LogP contribution in [-0.2, 0) is 10.0 Å². The Morgan fingerprint density at radius 1 is 1.48 bits per heavy atom. The molecule has 0 saturated carbocycles. The molecule has 8 nitrogen and oxygen atoms in total. The molecule has 1 fully saturated rings. The third-order valence-electron chi connectivity index (χ3n) is 3.25. The van der Waals surface area contributed by atoms with Crippen LogP contribution in [0.5, 0.6) is 5.75 Å². The summed E-state index contributed by atoms with van der Waals surface area (Å²) in [5, 5.41) is 14.3. The molecule has 2 rings (SSSR count). The topological polar surface area (TPSA) is 111 Å². The van der Waals surface area contributed by atoms with Crippen LogP contribution < -0.4 is 14.8 Å². The molecule has 0 bridgehead atoms. The molecule has 0 radical (unpaired) electrons. The third-order valence-corrected chi connectivity index (χ3v) is 4.66. The minimum atomic E-state index is -3.73. The lowest BCUT2D eigenvalue weighted by atomic mass is 10.1. The molecule has 0 spiro atoms. The van der Waals surface area contributed by atoms with Crippen molar-refractivity contribution in [1.82, 2.24) is 10.0 Å². The average Bonchev–Trinajstić information content (AvgIpc) is 2.48. The zero-order valence-electron chi connectivity index (χ0n) is 11.5. The van der Waals surface area contributed by atoms with Crippen LogP contribution in [0.2, 0.25) is 0 Å². The predicted octanol–water partition coefficient (Wildman–Crippen LogP) is 0.634. The molecule has 21 heavy (non-hydrogen) atoms. The number of nitrogens with zero attached hydrogens (tertiary/aromatic N) is 1. The number of ether oxygens (including phenoxy) is 1. The van der Waals surface area contributed by atoms with Gasteiger partial charge < -0.3 is 10.1 Å². The van der Waals surface area contributed by atoms with Crippen molar-refractivity contribution >= 4 is 15.7 Å². The number of nitro benzene ring substituents is 1. The van der Waals surface area contributed by atoms with Gasteiger partial charge in [0.2, 0.25) is 10.0 Å². The second-order valence-electron chi connectivity index (χ2n) is 4.68. The first-order valence-corrected chi connectivity index (χ1v) is 8.01.